The minimum Gasteiger partial charge on any atom is -0.438 e. The van der Waals surface area contributed by atoms with Crippen LogP contribution in [0, 0.1) is 0 Å². The Morgan fingerprint density at radius 3 is 2.50 bits per heavy atom. The molecule has 68 valence electrons. The molecule has 5 heteroatoms. The van der Waals surface area contributed by atoms with Gasteiger partial charge in [-0.1, -0.05) is 6.92 Å². The highest BCUT2D eigenvalue weighted by atomic mass is 32.2. The predicted molar refractivity (Wildman–Crippen MR) is 43.1 cm³/mol. The van der Waals surface area contributed by atoms with Crippen molar-refractivity contribution in [1.82, 2.24) is 0 Å². The second-order valence-electron chi connectivity index (χ2n) is 2.57. The van der Waals surface area contributed by atoms with Gasteiger partial charge in [0, 0.05) is 5.57 Å². The molecule has 0 aromatic heterocycles. The van der Waals surface area contributed by atoms with Gasteiger partial charge in [0.25, 0.3) is 0 Å². The molecule has 1 rings (SSSR count). The summed E-state index contributed by atoms with van der Waals surface area (Å²) in [6.07, 6.45) is 1.33. The summed E-state index contributed by atoms with van der Waals surface area (Å²) in [5.41, 5.74) is -0.702. The molecule has 0 saturated carbocycles. The van der Waals surface area contributed by atoms with E-state index < -0.39 is 21.2 Å². The van der Waals surface area contributed by atoms with E-state index in [0.717, 1.165) is 0 Å². The van der Waals surface area contributed by atoms with Crippen LogP contribution in [0.2, 0.25) is 0 Å². The largest absolute Gasteiger partial charge is 0.438 e. The lowest BCUT2D eigenvalue weighted by atomic mass is 10.3. The molecule has 1 aliphatic rings. The van der Waals surface area contributed by atoms with E-state index in [1.54, 1.807) is 0 Å². The molecule has 0 fully saturated rings. The maximum atomic E-state index is 11.2. The molecular formula is C7H10O4S. The van der Waals surface area contributed by atoms with Crippen LogP contribution in [0.4, 0.5) is 0 Å². The zero-order valence-electron chi connectivity index (χ0n) is 6.90. The minimum atomic E-state index is -3.28. The van der Waals surface area contributed by atoms with E-state index in [1.807, 2.05) is 0 Å². The first-order valence-electron chi connectivity index (χ1n) is 3.58. The van der Waals surface area contributed by atoms with Crippen LogP contribution in [-0.4, -0.2) is 25.6 Å². The monoisotopic (exact) mass is 190 g/mol. The van der Waals surface area contributed by atoms with E-state index in [2.05, 4.69) is 4.74 Å². The molecule has 4 nitrogen and oxygen atoms in total. The third-order valence-electron chi connectivity index (χ3n) is 1.69. The normalized spacial score (nSPS) is 23.7. The number of carbonyl (C=O) groups excluding carboxylic acids is 1. The van der Waals surface area contributed by atoms with Gasteiger partial charge < -0.3 is 4.74 Å². The Balaban J connectivity index is 2.91. The molecule has 0 N–H and O–H groups in total. The summed E-state index contributed by atoms with van der Waals surface area (Å²) in [6.45, 7) is 3.05. The molecule has 0 radical (unpaired) electrons. The molecule has 0 amide bonds. The van der Waals surface area contributed by atoms with Crippen molar-refractivity contribution < 1.29 is 17.9 Å². The van der Waals surface area contributed by atoms with Crippen LogP contribution in [0.5, 0.6) is 0 Å². The maximum Gasteiger partial charge on any atom is 0.335 e. The van der Waals surface area contributed by atoms with Gasteiger partial charge in [0.1, 0.15) is 0 Å². The zero-order chi connectivity index (χ0) is 9.35. The highest BCUT2D eigenvalue weighted by molar-refractivity contribution is 7.92. The smallest absolute Gasteiger partial charge is 0.335 e. The van der Waals surface area contributed by atoms with Crippen molar-refractivity contribution in [2.24, 2.45) is 0 Å². The third kappa shape index (κ3) is 1.50. The maximum absolute atomic E-state index is 11.2. The topological polar surface area (TPSA) is 60.4 Å². The molecule has 12 heavy (non-hydrogen) atoms. The number of rotatable bonds is 2. The first-order valence-corrected chi connectivity index (χ1v) is 5.30. The van der Waals surface area contributed by atoms with E-state index >= 15 is 0 Å². The summed E-state index contributed by atoms with van der Waals surface area (Å²) >= 11 is 0. The molecule has 1 atom stereocenters. The van der Waals surface area contributed by atoms with Gasteiger partial charge in [0.2, 0.25) is 5.44 Å². The second kappa shape index (κ2) is 2.90. The van der Waals surface area contributed by atoms with Crippen LogP contribution < -0.4 is 0 Å². The molecule has 0 bridgehead atoms. The Kier molecular flexibility index (Phi) is 2.23. The Labute approximate surface area is 71.1 Å². The molecule has 0 aromatic carbocycles. The first kappa shape index (κ1) is 9.25. The summed E-state index contributed by atoms with van der Waals surface area (Å²) in [5.74, 6) is -0.564. The standard InChI is InChI=1S/C7H10O4S/c1-3-12(9,10)6-4-5(2)7(8)11-6/h4,6H,3H2,1-2H3. The van der Waals surface area contributed by atoms with Gasteiger partial charge in [-0.15, -0.1) is 0 Å². The van der Waals surface area contributed by atoms with Gasteiger partial charge >= 0.3 is 5.97 Å². The molecule has 1 unspecified atom stereocenters. The SMILES string of the molecule is CCS(=O)(=O)C1C=C(C)C(=O)O1. The van der Waals surface area contributed by atoms with Crippen LogP contribution in [0.3, 0.4) is 0 Å². The van der Waals surface area contributed by atoms with Gasteiger partial charge in [-0.05, 0) is 13.0 Å². The van der Waals surface area contributed by atoms with Crippen molar-refractivity contribution in [2.45, 2.75) is 19.3 Å². The fourth-order valence-corrected chi connectivity index (χ4v) is 1.82. The summed E-state index contributed by atoms with van der Waals surface area (Å²) in [7, 11) is -3.28. The van der Waals surface area contributed by atoms with Crippen molar-refractivity contribution in [2.75, 3.05) is 5.75 Å². The molecular weight excluding hydrogens is 180 g/mol. The van der Waals surface area contributed by atoms with Gasteiger partial charge in [-0.3, -0.25) is 0 Å². The fraction of sp³-hybridized carbons (Fsp3) is 0.571. The molecule has 1 heterocycles. The lowest BCUT2D eigenvalue weighted by Crippen LogP contribution is -2.22. The number of cyclic esters (lactones) is 1. The highest BCUT2D eigenvalue weighted by Crippen LogP contribution is 2.17. The van der Waals surface area contributed by atoms with E-state index in [4.69, 9.17) is 0 Å². The Morgan fingerprint density at radius 2 is 2.17 bits per heavy atom. The number of ether oxygens (including phenoxy) is 1. The summed E-state index contributed by atoms with van der Waals surface area (Å²) in [6, 6.07) is 0. The van der Waals surface area contributed by atoms with E-state index in [1.165, 1.54) is 19.9 Å². The Bertz CT molecular complexity index is 325. The number of esters is 1. The average Bonchev–Trinajstić information content (AvgIpc) is 2.33. The molecule has 0 saturated heterocycles. The van der Waals surface area contributed by atoms with Crippen molar-refractivity contribution in [3.05, 3.63) is 11.6 Å². The minimum absolute atomic E-state index is 0.0191. The van der Waals surface area contributed by atoms with Gasteiger partial charge in [-0.2, -0.15) is 0 Å². The molecule has 0 aliphatic carbocycles. The van der Waals surface area contributed by atoms with E-state index in [-0.39, 0.29) is 5.75 Å². The number of sulfone groups is 1. The summed E-state index contributed by atoms with van der Waals surface area (Å²) < 4.78 is 27.0. The van der Waals surface area contributed by atoms with Crippen LogP contribution in [0.1, 0.15) is 13.8 Å². The van der Waals surface area contributed by atoms with Crippen LogP contribution in [0.25, 0.3) is 0 Å². The number of hydrogen-bond donors (Lipinski definition) is 0. The van der Waals surface area contributed by atoms with Crippen molar-refractivity contribution in [3.8, 4) is 0 Å². The average molecular weight is 190 g/mol. The molecule has 1 aliphatic heterocycles. The highest BCUT2D eigenvalue weighted by Gasteiger charge is 2.31. The Hall–Kier alpha value is -0.840. The zero-order valence-corrected chi connectivity index (χ0v) is 7.72. The summed E-state index contributed by atoms with van der Waals surface area (Å²) in [4.78, 5) is 10.8. The van der Waals surface area contributed by atoms with Gasteiger partial charge in [0.05, 0.1) is 5.75 Å². The molecule has 0 spiro atoms. The van der Waals surface area contributed by atoms with E-state index in [0.29, 0.717) is 5.57 Å². The number of carbonyl (C=O) groups is 1. The van der Waals surface area contributed by atoms with E-state index in [9.17, 15) is 13.2 Å². The van der Waals surface area contributed by atoms with Gasteiger partial charge in [0.15, 0.2) is 9.84 Å². The van der Waals surface area contributed by atoms with Crippen molar-refractivity contribution in [3.63, 3.8) is 0 Å². The summed E-state index contributed by atoms with van der Waals surface area (Å²) in [5, 5.41) is 0. The van der Waals surface area contributed by atoms with Crippen LogP contribution in [-0.2, 0) is 19.4 Å². The van der Waals surface area contributed by atoms with Crippen molar-refractivity contribution in [1.29, 1.82) is 0 Å². The predicted octanol–water partition coefficient (Wildman–Crippen LogP) is 0.250. The quantitative estimate of drug-likeness (QED) is 0.586. The lowest BCUT2D eigenvalue weighted by molar-refractivity contribution is -0.137. The van der Waals surface area contributed by atoms with Crippen molar-refractivity contribution >= 4 is 15.8 Å². The Morgan fingerprint density at radius 1 is 1.58 bits per heavy atom. The van der Waals surface area contributed by atoms with Crippen LogP contribution >= 0.6 is 0 Å². The number of hydrogen-bond acceptors (Lipinski definition) is 4. The molecule has 0 aromatic rings. The van der Waals surface area contributed by atoms with Crippen LogP contribution in [0.15, 0.2) is 11.6 Å². The first-order chi connectivity index (χ1) is 5.47. The fourth-order valence-electron chi connectivity index (χ4n) is 0.846. The van der Waals surface area contributed by atoms with Gasteiger partial charge in [-0.25, -0.2) is 13.2 Å². The third-order valence-corrected chi connectivity index (χ3v) is 3.43. The lowest BCUT2D eigenvalue weighted by Gasteiger charge is -2.06. The second-order valence-corrected chi connectivity index (χ2v) is 4.94.